The number of aromatic nitrogens is 1. The van der Waals surface area contributed by atoms with Gasteiger partial charge in [-0.25, -0.2) is 0 Å². The van der Waals surface area contributed by atoms with E-state index < -0.39 is 0 Å². The van der Waals surface area contributed by atoms with Crippen molar-refractivity contribution in [2.24, 2.45) is 0 Å². The molecule has 3 rings (SSSR count). The van der Waals surface area contributed by atoms with Crippen LogP contribution in [0.3, 0.4) is 0 Å². The molecule has 0 radical (unpaired) electrons. The van der Waals surface area contributed by atoms with Gasteiger partial charge in [0.1, 0.15) is 0 Å². The minimum atomic E-state index is -0.189. The molecule has 20 heavy (non-hydrogen) atoms. The van der Waals surface area contributed by atoms with E-state index >= 15 is 0 Å². The van der Waals surface area contributed by atoms with Crippen molar-refractivity contribution in [3.8, 4) is 0 Å². The third kappa shape index (κ3) is 2.56. The molecule has 4 heteroatoms. The van der Waals surface area contributed by atoms with Crippen molar-refractivity contribution in [2.75, 3.05) is 5.32 Å². The van der Waals surface area contributed by atoms with Crippen LogP contribution < -0.4 is 10.9 Å². The highest BCUT2D eigenvalue weighted by Crippen LogP contribution is 2.24. The molecule has 100 valence electrons. The predicted octanol–water partition coefficient (Wildman–Crippen LogP) is 4.02. The van der Waals surface area contributed by atoms with Crippen molar-refractivity contribution in [1.82, 2.24) is 4.98 Å². The summed E-state index contributed by atoms with van der Waals surface area (Å²) >= 11 is 1.49. The molecule has 3 nitrogen and oxygen atoms in total. The molecule has 0 bridgehead atoms. The van der Waals surface area contributed by atoms with E-state index in [2.05, 4.69) is 30.2 Å². The van der Waals surface area contributed by atoms with Gasteiger partial charge in [0.2, 0.25) is 0 Å². The van der Waals surface area contributed by atoms with Crippen molar-refractivity contribution in [3.63, 3.8) is 0 Å². The molecule has 0 saturated heterocycles. The lowest BCUT2D eigenvalue weighted by molar-refractivity contribution is 1.29. The van der Waals surface area contributed by atoms with E-state index in [1.54, 1.807) is 0 Å². The summed E-state index contributed by atoms with van der Waals surface area (Å²) in [6.07, 6.45) is 0. The summed E-state index contributed by atoms with van der Waals surface area (Å²) in [6.45, 7) is 4.10. The number of rotatable bonds is 2. The van der Waals surface area contributed by atoms with Crippen LogP contribution in [-0.2, 0) is 0 Å². The molecule has 1 aromatic heterocycles. The number of hydrogen-bond donors (Lipinski definition) is 1. The maximum absolute atomic E-state index is 12.0. The first-order valence-corrected chi connectivity index (χ1v) is 7.19. The van der Waals surface area contributed by atoms with Gasteiger partial charge in [-0.15, -0.1) is 0 Å². The Morgan fingerprint density at radius 2 is 1.75 bits per heavy atom. The van der Waals surface area contributed by atoms with Gasteiger partial charge in [-0.1, -0.05) is 29.5 Å². The van der Waals surface area contributed by atoms with Gasteiger partial charge in [-0.3, -0.25) is 4.79 Å². The number of hydrogen-bond acceptors (Lipinski definition) is 4. The molecular formula is C16H14N2OS. The average Bonchev–Trinajstić information content (AvgIpc) is 2.37. The Morgan fingerprint density at radius 1 is 1.05 bits per heavy atom. The van der Waals surface area contributed by atoms with Gasteiger partial charge in [0.15, 0.2) is 5.13 Å². The van der Waals surface area contributed by atoms with Crippen LogP contribution in [-0.4, -0.2) is 4.98 Å². The Hall–Kier alpha value is -2.20. The molecular weight excluding hydrogens is 268 g/mol. The first kappa shape index (κ1) is 12.8. The molecule has 1 N–H and O–H groups in total. The average molecular weight is 282 g/mol. The summed E-state index contributed by atoms with van der Waals surface area (Å²) in [4.78, 5) is 16.1. The van der Waals surface area contributed by atoms with E-state index in [4.69, 9.17) is 0 Å². The highest BCUT2D eigenvalue weighted by molar-refractivity contribution is 7.21. The second-order valence-electron chi connectivity index (χ2n) is 4.82. The lowest BCUT2D eigenvalue weighted by Gasteiger charge is -2.07. The van der Waals surface area contributed by atoms with Crippen molar-refractivity contribution in [2.45, 2.75) is 13.8 Å². The summed E-state index contributed by atoms with van der Waals surface area (Å²) in [5, 5.41) is 4.52. The van der Waals surface area contributed by atoms with E-state index in [1.165, 1.54) is 22.5 Å². The Kier molecular flexibility index (Phi) is 3.24. The normalized spacial score (nSPS) is 10.7. The lowest BCUT2D eigenvalue weighted by Crippen LogP contribution is -2.07. The van der Waals surface area contributed by atoms with E-state index in [0.29, 0.717) is 10.5 Å². The van der Waals surface area contributed by atoms with Crippen molar-refractivity contribution >= 4 is 32.2 Å². The van der Waals surface area contributed by atoms with Crippen molar-refractivity contribution in [1.29, 1.82) is 0 Å². The second-order valence-corrected chi connectivity index (χ2v) is 5.85. The zero-order chi connectivity index (χ0) is 14.1. The fourth-order valence-electron chi connectivity index (χ4n) is 2.24. The highest BCUT2D eigenvalue weighted by Gasteiger charge is 2.04. The quantitative estimate of drug-likeness (QED) is 0.772. The van der Waals surface area contributed by atoms with E-state index in [9.17, 15) is 4.79 Å². The molecule has 0 aliphatic rings. The van der Waals surface area contributed by atoms with Crippen LogP contribution in [0, 0.1) is 13.8 Å². The van der Waals surface area contributed by atoms with Gasteiger partial charge in [0, 0.05) is 10.4 Å². The summed E-state index contributed by atoms with van der Waals surface area (Å²) in [7, 11) is 0. The Morgan fingerprint density at radius 3 is 2.50 bits per heavy atom. The summed E-state index contributed by atoms with van der Waals surface area (Å²) in [6, 6.07) is 13.7. The maximum atomic E-state index is 12.0. The number of benzene rings is 2. The zero-order valence-corrected chi connectivity index (χ0v) is 12.1. The predicted molar refractivity (Wildman–Crippen MR) is 85.1 cm³/mol. The monoisotopic (exact) mass is 282 g/mol. The third-order valence-electron chi connectivity index (χ3n) is 3.00. The van der Waals surface area contributed by atoms with Gasteiger partial charge in [0.25, 0.3) is 5.56 Å². The van der Waals surface area contributed by atoms with Gasteiger partial charge < -0.3 is 5.32 Å². The Labute approximate surface area is 120 Å². The van der Waals surface area contributed by atoms with Gasteiger partial charge in [0.05, 0.1) is 5.39 Å². The molecule has 0 amide bonds. The largest absolute Gasteiger partial charge is 0.331 e. The highest BCUT2D eigenvalue weighted by atomic mass is 32.1. The number of anilines is 2. The molecule has 3 aromatic rings. The van der Waals surface area contributed by atoms with Crippen molar-refractivity contribution < 1.29 is 0 Å². The van der Waals surface area contributed by atoms with Crippen LogP contribution in [0.25, 0.3) is 10.1 Å². The zero-order valence-electron chi connectivity index (χ0n) is 11.3. The molecule has 0 aliphatic carbocycles. The Bertz CT molecular complexity index is 819. The maximum Gasteiger partial charge on any atom is 0.281 e. The lowest BCUT2D eigenvalue weighted by atomic mass is 10.1. The van der Waals surface area contributed by atoms with Crippen LogP contribution in [0.2, 0.25) is 0 Å². The van der Waals surface area contributed by atoms with Gasteiger partial charge in [-0.2, -0.15) is 4.98 Å². The molecule has 2 aromatic carbocycles. The third-order valence-corrected chi connectivity index (χ3v) is 3.96. The van der Waals surface area contributed by atoms with Gasteiger partial charge in [-0.05, 0) is 49.2 Å². The SMILES string of the molecule is Cc1cc(C)cc(Nc2nc(=O)c3ccccc3s2)c1. The van der Waals surface area contributed by atoms with Crippen LogP contribution in [0.4, 0.5) is 10.8 Å². The Balaban J connectivity index is 2.04. The fourth-order valence-corrected chi connectivity index (χ4v) is 3.15. The first-order valence-electron chi connectivity index (χ1n) is 6.37. The van der Waals surface area contributed by atoms with Crippen LogP contribution >= 0.6 is 11.3 Å². The van der Waals surface area contributed by atoms with Crippen molar-refractivity contribution in [3.05, 3.63) is 63.9 Å². The summed E-state index contributed by atoms with van der Waals surface area (Å²) < 4.78 is 0.944. The first-order chi connectivity index (χ1) is 9.61. The van der Waals surface area contributed by atoms with Gasteiger partial charge >= 0.3 is 0 Å². The minimum Gasteiger partial charge on any atom is -0.331 e. The molecule has 0 spiro atoms. The van der Waals surface area contributed by atoms with Crippen LogP contribution in [0.15, 0.2) is 47.3 Å². The standard InChI is InChI=1S/C16H14N2OS/c1-10-7-11(2)9-12(8-10)17-16-18-15(19)13-5-3-4-6-14(13)20-16/h3-9H,1-2H3,(H,17,18,19). The number of aryl methyl sites for hydroxylation is 2. The molecule has 0 saturated carbocycles. The topological polar surface area (TPSA) is 42.0 Å². The minimum absolute atomic E-state index is 0.189. The smallest absolute Gasteiger partial charge is 0.281 e. The summed E-state index contributed by atoms with van der Waals surface area (Å²) in [5.74, 6) is 0. The van der Waals surface area contributed by atoms with Crippen LogP contribution in [0.5, 0.6) is 0 Å². The molecule has 0 aliphatic heterocycles. The summed E-state index contributed by atoms with van der Waals surface area (Å²) in [5.41, 5.74) is 3.13. The fraction of sp³-hybridized carbons (Fsp3) is 0.125. The molecule has 0 unspecified atom stereocenters. The van der Waals surface area contributed by atoms with Crippen LogP contribution in [0.1, 0.15) is 11.1 Å². The number of fused-ring (bicyclic) bond motifs is 1. The van der Waals surface area contributed by atoms with E-state index in [1.807, 2.05) is 36.4 Å². The second kappa shape index (κ2) is 5.06. The number of nitrogens with one attached hydrogen (secondary N) is 1. The number of nitrogens with zero attached hydrogens (tertiary/aromatic N) is 1. The molecule has 0 fully saturated rings. The molecule has 0 atom stereocenters. The van der Waals surface area contributed by atoms with E-state index in [-0.39, 0.29) is 5.56 Å². The molecule has 1 heterocycles. The van der Waals surface area contributed by atoms with E-state index in [0.717, 1.165) is 10.4 Å².